The first-order valence-corrected chi connectivity index (χ1v) is 6.15. The Hall–Kier alpha value is -0.570. The summed E-state index contributed by atoms with van der Waals surface area (Å²) < 4.78 is 0. The first-order valence-electron chi connectivity index (χ1n) is 6.15. The van der Waals surface area contributed by atoms with E-state index in [9.17, 15) is 4.79 Å². The van der Waals surface area contributed by atoms with E-state index in [1.165, 1.54) is 6.42 Å². The SMILES string of the molecule is CCC[C@@H](N)C(=O)N1C(C)CCCC1C. The number of likely N-dealkylation sites (tertiary alicyclic amines) is 1. The van der Waals surface area contributed by atoms with Crippen LogP contribution in [-0.2, 0) is 4.79 Å². The van der Waals surface area contributed by atoms with E-state index in [4.69, 9.17) is 5.73 Å². The molecule has 88 valence electrons. The minimum Gasteiger partial charge on any atom is -0.336 e. The van der Waals surface area contributed by atoms with Crippen molar-refractivity contribution in [2.24, 2.45) is 5.73 Å². The molecule has 1 amide bonds. The zero-order chi connectivity index (χ0) is 11.4. The molecule has 0 saturated carbocycles. The van der Waals surface area contributed by atoms with Crippen LogP contribution in [0.15, 0.2) is 0 Å². The van der Waals surface area contributed by atoms with Crippen molar-refractivity contribution in [3.63, 3.8) is 0 Å². The molecule has 3 nitrogen and oxygen atoms in total. The van der Waals surface area contributed by atoms with Crippen molar-refractivity contribution >= 4 is 5.91 Å². The summed E-state index contributed by atoms with van der Waals surface area (Å²) in [5.41, 5.74) is 5.89. The van der Waals surface area contributed by atoms with Crippen molar-refractivity contribution in [1.29, 1.82) is 0 Å². The molecule has 0 spiro atoms. The second kappa shape index (κ2) is 5.50. The Morgan fingerprint density at radius 3 is 2.40 bits per heavy atom. The standard InChI is InChI=1S/C12H24N2O/c1-4-6-11(13)12(15)14-9(2)7-5-8-10(14)3/h9-11H,4-8,13H2,1-3H3/t9?,10?,11-/m1/s1. The Bertz CT molecular complexity index is 208. The van der Waals surface area contributed by atoms with Crippen molar-refractivity contribution in [3.8, 4) is 0 Å². The van der Waals surface area contributed by atoms with E-state index in [2.05, 4.69) is 20.8 Å². The summed E-state index contributed by atoms with van der Waals surface area (Å²) in [5.74, 6) is 0.150. The molecule has 3 atom stereocenters. The third-order valence-electron chi connectivity index (χ3n) is 3.36. The van der Waals surface area contributed by atoms with Crippen LogP contribution >= 0.6 is 0 Å². The average Bonchev–Trinajstić information content (AvgIpc) is 2.17. The second-order valence-corrected chi connectivity index (χ2v) is 4.77. The van der Waals surface area contributed by atoms with Gasteiger partial charge in [-0.05, 0) is 39.5 Å². The van der Waals surface area contributed by atoms with E-state index in [1.54, 1.807) is 0 Å². The quantitative estimate of drug-likeness (QED) is 0.776. The Morgan fingerprint density at radius 1 is 1.40 bits per heavy atom. The summed E-state index contributed by atoms with van der Waals surface area (Å²) in [5, 5.41) is 0. The maximum absolute atomic E-state index is 12.1. The Kier molecular flexibility index (Phi) is 4.58. The van der Waals surface area contributed by atoms with Gasteiger partial charge in [-0.25, -0.2) is 0 Å². The number of amides is 1. The van der Waals surface area contributed by atoms with Crippen LogP contribution in [0, 0.1) is 0 Å². The molecule has 0 aromatic carbocycles. The normalized spacial score (nSPS) is 28.9. The summed E-state index contributed by atoms with van der Waals surface area (Å²) in [6, 6.07) is 0.436. The first kappa shape index (κ1) is 12.5. The highest BCUT2D eigenvalue weighted by Gasteiger charge is 2.31. The third kappa shape index (κ3) is 2.94. The van der Waals surface area contributed by atoms with Gasteiger partial charge in [-0.2, -0.15) is 0 Å². The molecule has 1 saturated heterocycles. The monoisotopic (exact) mass is 212 g/mol. The molecule has 1 rings (SSSR count). The van der Waals surface area contributed by atoms with E-state index in [0.717, 1.165) is 25.7 Å². The minimum absolute atomic E-state index is 0.150. The van der Waals surface area contributed by atoms with Crippen molar-refractivity contribution in [2.75, 3.05) is 0 Å². The molecule has 1 aliphatic rings. The number of rotatable bonds is 3. The highest BCUT2D eigenvalue weighted by Crippen LogP contribution is 2.23. The molecule has 0 bridgehead atoms. The zero-order valence-electron chi connectivity index (χ0n) is 10.2. The lowest BCUT2D eigenvalue weighted by Gasteiger charge is -2.40. The number of piperidine rings is 1. The first-order chi connectivity index (χ1) is 7.07. The van der Waals surface area contributed by atoms with Crippen LogP contribution in [0.25, 0.3) is 0 Å². The number of hydrogen-bond donors (Lipinski definition) is 1. The second-order valence-electron chi connectivity index (χ2n) is 4.77. The van der Waals surface area contributed by atoms with Crippen LogP contribution in [0.4, 0.5) is 0 Å². The molecule has 15 heavy (non-hydrogen) atoms. The third-order valence-corrected chi connectivity index (χ3v) is 3.36. The van der Waals surface area contributed by atoms with Crippen LogP contribution in [0.2, 0.25) is 0 Å². The van der Waals surface area contributed by atoms with Gasteiger partial charge in [0.25, 0.3) is 0 Å². The maximum Gasteiger partial charge on any atom is 0.239 e. The molecule has 0 aromatic rings. The van der Waals surface area contributed by atoms with Crippen LogP contribution < -0.4 is 5.73 Å². The van der Waals surface area contributed by atoms with Gasteiger partial charge in [0.1, 0.15) is 0 Å². The molecule has 1 heterocycles. The predicted octanol–water partition coefficient (Wildman–Crippen LogP) is 1.90. The van der Waals surface area contributed by atoms with Gasteiger partial charge in [-0.1, -0.05) is 13.3 Å². The molecule has 2 N–H and O–H groups in total. The topological polar surface area (TPSA) is 46.3 Å². The highest BCUT2D eigenvalue weighted by molar-refractivity contribution is 5.82. The van der Waals surface area contributed by atoms with Crippen LogP contribution in [-0.4, -0.2) is 28.9 Å². The summed E-state index contributed by atoms with van der Waals surface area (Å²) in [4.78, 5) is 14.1. The van der Waals surface area contributed by atoms with Crippen molar-refractivity contribution in [2.45, 2.75) is 71.0 Å². The number of hydrogen-bond acceptors (Lipinski definition) is 2. The van der Waals surface area contributed by atoms with E-state index in [1.807, 2.05) is 4.90 Å². The van der Waals surface area contributed by atoms with Gasteiger partial charge in [0, 0.05) is 12.1 Å². The van der Waals surface area contributed by atoms with Crippen LogP contribution in [0.3, 0.4) is 0 Å². The van der Waals surface area contributed by atoms with Gasteiger partial charge in [0.2, 0.25) is 5.91 Å². The van der Waals surface area contributed by atoms with Gasteiger partial charge < -0.3 is 10.6 Å². The molecule has 0 aliphatic carbocycles. The smallest absolute Gasteiger partial charge is 0.239 e. The average molecular weight is 212 g/mol. The van der Waals surface area contributed by atoms with E-state index in [-0.39, 0.29) is 11.9 Å². The Labute approximate surface area is 93.0 Å². The zero-order valence-corrected chi connectivity index (χ0v) is 10.2. The summed E-state index contributed by atoms with van der Waals surface area (Å²) >= 11 is 0. The van der Waals surface area contributed by atoms with Gasteiger partial charge in [0.05, 0.1) is 6.04 Å². The van der Waals surface area contributed by atoms with Crippen molar-refractivity contribution in [3.05, 3.63) is 0 Å². The fraction of sp³-hybridized carbons (Fsp3) is 0.917. The summed E-state index contributed by atoms with van der Waals surface area (Å²) in [6.45, 7) is 6.33. The number of carbonyl (C=O) groups excluding carboxylic acids is 1. The van der Waals surface area contributed by atoms with Gasteiger partial charge in [-0.3, -0.25) is 4.79 Å². The van der Waals surface area contributed by atoms with Crippen LogP contribution in [0.1, 0.15) is 52.9 Å². The Morgan fingerprint density at radius 2 is 1.93 bits per heavy atom. The lowest BCUT2D eigenvalue weighted by molar-refractivity contribution is -0.138. The molecule has 2 unspecified atom stereocenters. The van der Waals surface area contributed by atoms with Crippen molar-refractivity contribution < 1.29 is 4.79 Å². The highest BCUT2D eigenvalue weighted by atomic mass is 16.2. The number of nitrogens with zero attached hydrogens (tertiary/aromatic N) is 1. The molecule has 0 aromatic heterocycles. The largest absolute Gasteiger partial charge is 0.336 e. The fourth-order valence-corrected chi connectivity index (χ4v) is 2.48. The maximum atomic E-state index is 12.1. The predicted molar refractivity (Wildman–Crippen MR) is 62.5 cm³/mol. The van der Waals surface area contributed by atoms with Crippen molar-refractivity contribution in [1.82, 2.24) is 4.90 Å². The molecule has 3 heteroatoms. The molecule has 0 radical (unpaired) electrons. The summed E-state index contributed by atoms with van der Waals surface area (Å²) in [7, 11) is 0. The molecular formula is C12H24N2O. The fourth-order valence-electron chi connectivity index (χ4n) is 2.48. The molecule has 1 fully saturated rings. The number of carbonyl (C=O) groups is 1. The van der Waals surface area contributed by atoms with Gasteiger partial charge >= 0.3 is 0 Å². The Balaban J connectivity index is 2.62. The lowest BCUT2D eigenvalue weighted by atomic mass is 9.96. The van der Waals surface area contributed by atoms with E-state index >= 15 is 0 Å². The van der Waals surface area contributed by atoms with Gasteiger partial charge in [-0.15, -0.1) is 0 Å². The summed E-state index contributed by atoms with van der Waals surface area (Å²) in [6.07, 6.45) is 5.25. The van der Waals surface area contributed by atoms with E-state index in [0.29, 0.717) is 12.1 Å². The van der Waals surface area contributed by atoms with E-state index < -0.39 is 0 Å². The van der Waals surface area contributed by atoms with Gasteiger partial charge in [0.15, 0.2) is 0 Å². The molecule has 1 aliphatic heterocycles. The minimum atomic E-state index is -0.294. The van der Waals surface area contributed by atoms with Crippen LogP contribution in [0.5, 0.6) is 0 Å². The number of nitrogens with two attached hydrogens (primary N) is 1. The lowest BCUT2D eigenvalue weighted by Crippen LogP contribution is -2.53. The molecular weight excluding hydrogens is 188 g/mol.